The third-order valence-electron chi connectivity index (χ3n) is 1.98. The van der Waals surface area contributed by atoms with Crippen molar-refractivity contribution >= 4 is 6.08 Å². The Morgan fingerprint density at radius 3 is 2.86 bits per heavy atom. The lowest BCUT2D eigenvalue weighted by molar-refractivity contribution is 0.369. The van der Waals surface area contributed by atoms with E-state index in [4.69, 9.17) is 4.74 Å². The number of benzene rings is 1. The van der Waals surface area contributed by atoms with Crippen LogP contribution in [-0.2, 0) is 11.3 Å². The number of nitrogens with zero attached hydrogens (tertiary/aromatic N) is 1. The van der Waals surface area contributed by atoms with Crippen LogP contribution in [0.5, 0.6) is 11.5 Å². The van der Waals surface area contributed by atoms with Gasteiger partial charge >= 0.3 is 0 Å². The molecule has 0 spiro atoms. The van der Waals surface area contributed by atoms with Gasteiger partial charge in [-0.25, -0.2) is 9.79 Å². The SMILES string of the molecule is COc1c(O)ccc(C)c1CN=C=O. The smallest absolute Gasteiger partial charge is 0.235 e. The number of isocyanates is 1. The summed E-state index contributed by atoms with van der Waals surface area (Å²) in [5.41, 5.74) is 1.62. The van der Waals surface area contributed by atoms with Crippen LogP contribution in [0.25, 0.3) is 0 Å². The van der Waals surface area contributed by atoms with Gasteiger partial charge in [0.2, 0.25) is 6.08 Å². The monoisotopic (exact) mass is 193 g/mol. The minimum atomic E-state index is 0.0502. The molecule has 0 aliphatic rings. The van der Waals surface area contributed by atoms with Gasteiger partial charge in [-0.15, -0.1) is 0 Å². The average molecular weight is 193 g/mol. The molecule has 0 radical (unpaired) electrons. The summed E-state index contributed by atoms with van der Waals surface area (Å²) in [6, 6.07) is 3.29. The molecule has 0 aliphatic carbocycles. The Hall–Kier alpha value is -1.80. The molecule has 0 aliphatic heterocycles. The van der Waals surface area contributed by atoms with Gasteiger partial charge in [-0.05, 0) is 18.6 Å². The number of carbonyl (C=O) groups excluding carboxylic acids is 1. The normalized spacial score (nSPS) is 9.29. The number of aryl methyl sites for hydroxylation is 1. The molecule has 0 unspecified atom stereocenters. The van der Waals surface area contributed by atoms with Crippen LogP contribution in [0.15, 0.2) is 17.1 Å². The molecule has 0 saturated heterocycles. The molecule has 0 saturated carbocycles. The van der Waals surface area contributed by atoms with E-state index in [1.165, 1.54) is 13.2 Å². The van der Waals surface area contributed by atoms with E-state index in [1.54, 1.807) is 12.1 Å². The molecular formula is C10H11NO3. The molecule has 0 heterocycles. The average Bonchev–Trinajstić information content (AvgIpc) is 2.19. The topological polar surface area (TPSA) is 58.9 Å². The standard InChI is InChI=1S/C10H11NO3/c1-7-3-4-9(13)10(14-2)8(7)5-11-6-12/h3-4,13H,5H2,1-2H3. The van der Waals surface area contributed by atoms with Crippen molar-refractivity contribution in [2.45, 2.75) is 13.5 Å². The quantitative estimate of drug-likeness (QED) is 0.585. The molecule has 4 nitrogen and oxygen atoms in total. The summed E-state index contributed by atoms with van der Waals surface area (Å²) in [5, 5.41) is 9.45. The fourth-order valence-electron chi connectivity index (χ4n) is 1.25. The zero-order valence-electron chi connectivity index (χ0n) is 8.07. The lowest BCUT2D eigenvalue weighted by Gasteiger charge is -2.10. The summed E-state index contributed by atoms with van der Waals surface area (Å²) >= 11 is 0. The van der Waals surface area contributed by atoms with Crippen molar-refractivity contribution in [3.63, 3.8) is 0 Å². The van der Waals surface area contributed by atoms with Crippen LogP contribution in [-0.4, -0.2) is 18.3 Å². The minimum absolute atomic E-state index is 0.0502. The molecule has 74 valence electrons. The van der Waals surface area contributed by atoms with Crippen LogP contribution in [0, 0.1) is 6.92 Å². The maximum Gasteiger partial charge on any atom is 0.235 e. The molecule has 0 fully saturated rings. The highest BCUT2D eigenvalue weighted by molar-refractivity contribution is 5.50. The van der Waals surface area contributed by atoms with Crippen molar-refractivity contribution in [3.8, 4) is 11.5 Å². The molecule has 1 aromatic carbocycles. The van der Waals surface area contributed by atoms with Crippen molar-refractivity contribution < 1.29 is 14.6 Å². The number of aromatic hydroxyl groups is 1. The highest BCUT2D eigenvalue weighted by atomic mass is 16.5. The van der Waals surface area contributed by atoms with Crippen LogP contribution < -0.4 is 4.74 Å². The Labute approximate surface area is 81.9 Å². The molecule has 0 atom stereocenters. The molecular weight excluding hydrogens is 182 g/mol. The Bertz CT molecular complexity index is 381. The summed E-state index contributed by atoms with van der Waals surface area (Å²) in [6.07, 6.45) is 1.45. The first kappa shape index (κ1) is 10.3. The van der Waals surface area contributed by atoms with E-state index in [2.05, 4.69) is 4.99 Å². The summed E-state index contributed by atoms with van der Waals surface area (Å²) in [6.45, 7) is 2.03. The Kier molecular flexibility index (Phi) is 3.26. The van der Waals surface area contributed by atoms with E-state index in [0.717, 1.165) is 5.56 Å². The van der Waals surface area contributed by atoms with Crippen LogP contribution in [0.2, 0.25) is 0 Å². The lowest BCUT2D eigenvalue weighted by atomic mass is 10.1. The minimum Gasteiger partial charge on any atom is -0.504 e. The van der Waals surface area contributed by atoms with E-state index in [-0.39, 0.29) is 12.3 Å². The lowest BCUT2D eigenvalue weighted by Crippen LogP contribution is -1.94. The number of phenols is 1. The van der Waals surface area contributed by atoms with E-state index < -0.39 is 0 Å². The van der Waals surface area contributed by atoms with Gasteiger partial charge in [0, 0.05) is 5.56 Å². The number of rotatable bonds is 3. The predicted octanol–water partition coefficient (Wildman–Crippen LogP) is 1.55. The number of aliphatic imine (C=N–C) groups is 1. The number of hydrogen-bond acceptors (Lipinski definition) is 4. The van der Waals surface area contributed by atoms with Crippen LogP contribution >= 0.6 is 0 Å². The molecule has 0 amide bonds. The van der Waals surface area contributed by atoms with E-state index in [1.807, 2.05) is 6.92 Å². The molecule has 14 heavy (non-hydrogen) atoms. The Morgan fingerprint density at radius 1 is 1.57 bits per heavy atom. The molecule has 1 aromatic rings. The first-order chi connectivity index (χ1) is 6.70. The zero-order valence-corrected chi connectivity index (χ0v) is 8.07. The van der Waals surface area contributed by atoms with Gasteiger partial charge in [-0.3, -0.25) is 0 Å². The van der Waals surface area contributed by atoms with Gasteiger partial charge in [-0.1, -0.05) is 6.07 Å². The van der Waals surface area contributed by atoms with Crippen molar-refractivity contribution in [1.29, 1.82) is 0 Å². The Balaban J connectivity index is 3.21. The van der Waals surface area contributed by atoms with Gasteiger partial charge in [0.05, 0.1) is 13.7 Å². The largest absolute Gasteiger partial charge is 0.504 e. The number of hydrogen-bond donors (Lipinski definition) is 1. The summed E-state index contributed by atoms with van der Waals surface area (Å²) in [7, 11) is 1.46. The van der Waals surface area contributed by atoms with Gasteiger partial charge in [0.25, 0.3) is 0 Å². The highest BCUT2D eigenvalue weighted by Gasteiger charge is 2.10. The second-order valence-corrected chi connectivity index (χ2v) is 2.82. The molecule has 1 N–H and O–H groups in total. The van der Waals surface area contributed by atoms with Crippen LogP contribution in [0.3, 0.4) is 0 Å². The van der Waals surface area contributed by atoms with Crippen molar-refractivity contribution in [2.75, 3.05) is 7.11 Å². The van der Waals surface area contributed by atoms with Gasteiger partial charge in [0.1, 0.15) is 0 Å². The Morgan fingerprint density at radius 2 is 2.29 bits per heavy atom. The van der Waals surface area contributed by atoms with E-state index >= 15 is 0 Å². The second kappa shape index (κ2) is 4.44. The third-order valence-corrected chi connectivity index (χ3v) is 1.98. The third kappa shape index (κ3) is 1.92. The maximum absolute atomic E-state index is 9.98. The van der Waals surface area contributed by atoms with Crippen LogP contribution in [0.4, 0.5) is 0 Å². The van der Waals surface area contributed by atoms with E-state index in [0.29, 0.717) is 11.3 Å². The number of methoxy groups -OCH3 is 1. The van der Waals surface area contributed by atoms with Crippen molar-refractivity contribution in [2.24, 2.45) is 4.99 Å². The summed E-state index contributed by atoms with van der Waals surface area (Å²) in [5.74, 6) is 0.415. The van der Waals surface area contributed by atoms with Gasteiger partial charge in [0.15, 0.2) is 11.5 Å². The zero-order chi connectivity index (χ0) is 10.6. The van der Waals surface area contributed by atoms with Gasteiger partial charge < -0.3 is 9.84 Å². The molecule has 1 rings (SSSR count). The molecule has 0 aromatic heterocycles. The summed E-state index contributed by atoms with van der Waals surface area (Å²) < 4.78 is 5.01. The predicted molar refractivity (Wildman–Crippen MR) is 51.2 cm³/mol. The second-order valence-electron chi connectivity index (χ2n) is 2.82. The van der Waals surface area contributed by atoms with E-state index in [9.17, 15) is 9.90 Å². The first-order valence-electron chi connectivity index (χ1n) is 4.09. The highest BCUT2D eigenvalue weighted by Crippen LogP contribution is 2.32. The molecule has 0 bridgehead atoms. The van der Waals surface area contributed by atoms with Crippen molar-refractivity contribution in [3.05, 3.63) is 23.3 Å². The summed E-state index contributed by atoms with van der Waals surface area (Å²) in [4.78, 5) is 13.4. The fourth-order valence-corrected chi connectivity index (χ4v) is 1.25. The van der Waals surface area contributed by atoms with Crippen LogP contribution in [0.1, 0.15) is 11.1 Å². The van der Waals surface area contributed by atoms with Crippen molar-refractivity contribution in [1.82, 2.24) is 0 Å². The molecule has 4 heteroatoms. The maximum atomic E-state index is 9.98. The van der Waals surface area contributed by atoms with Gasteiger partial charge in [-0.2, -0.15) is 0 Å². The number of phenolic OH excluding ortho intramolecular Hbond substituents is 1. The fraction of sp³-hybridized carbons (Fsp3) is 0.300. The number of ether oxygens (including phenoxy) is 1. The first-order valence-corrected chi connectivity index (χ1v) is 4.09.